The Labute approximate surface area is 72.8 Å². The average Bonchev–Trinajstić information content (AvgIpc) is 2.58. The van der Waals surface area contributed by atoms with Crippen molar-refractivity contribution < 1.29 is 0 Å². The van der Waals surface area contributed by atoms with Gasteiger partial charge in [0.25, 0.3) is 0 Å². The van der Waals surface area contributed by atoms with E-state index in [0.717, 1.165) is 13.1 Å². The molecule has 0 aromatic carbocycles. The SMILES string of the molecule is CC1(n2ccnc2)CCNCC1. The van der Waals surface area contributed by atoms with Crippen LogP contribution in [0.5, 0.6) is 0 Å². The molecule has 1 aliphatic rings. The van der Waals surface area contributed by atoms with Crippen molar-refractivity contribution in [3.63, 3.8) is 0 Å². The maximum atomic E-state index is 4.09. The van der Waals surface area contributed by atoms with E-state index in [2.05, 4.69) is 28.0 Å². The molecule has 66 valence electrons. The van der Waals surface area contributed by atoms with E-state index in [9.17, 15) is 0 Å². The molecule has 12 heavy (non-hydrogen) atoms. The lowest BCUT2D eigenvalue weighted by Gasteiger charge is -2.35. The van der Waals surface area contributed by atoms with Crippen molar-refractivity contribution in [3.8, 4) is 0 Å². The molecule has 3 nitrogen and oxygen atoms in total. The lowest BCUT2D eigenvalue weighted by molar-refractivity contribution is 0.231. The quantitative estimate of drug-likeness (QED) is 0.672. The number of piperidine rings is 1. The zero-order chi connectivity index (χ0) is 8.44. The second kappa shape index (κ2) is 2.90. The average molecular weight is 165 g/mol. The van der Waals surface area contributed by atoms with Crippen LogP contribution < -0.4 is 5.32 Å². The Hall–Kier alpha value is -0.830. The second-order valence-electron chi connectivity index (χ2n) is 3.72. The molecule has 0 aliphatic carbocycles. The molecule has 1 saturated heterocycles. The Kier molecular flexibility index (Phi) is 1.89. The van der Waals surface area contributed by atoms with Gasteiger partial charge in [-0.05, 0) is 32.9 Å². The van der Waals surface area contributed by atoms with E-state index in [1.165, 1.54) is 12.8 Å². The van der Waals surface area contributed by atoms with Crippen LogP contribution in [0.3, 0.4) is 0 Å². The molecule has 1 aromatic rings. The first-order chi connectivity index (χ1) is 5.81. The molecule has 0 bridgehead atoms. The number of nitrogens with one attached hydrogen (secondary N) is 1. The minimum Gasteiger partial charge on any atom is -0.332 e. The van der Waals surface area contributed by atoms with Crippen LogP contribution in [-0.4, -0.2) is 22.6 Å². The lowest BCUT2D eigenvalue weighted by atomic mass is 9.90. The van der Waals surface area contributed by atoms with Crippen molar-refractivity contribution in [2.24, 2.45) is 0 Å². The number of aromatic nitrogens is 2. The van der Waals surface area contributed by atoms with Crippen LogP contribution in [0.25, 0.3) is 0 Å². The van der Waals surface area contributed by atoms with Gasteiger partial charge in [-0.2, -0.15) is 0 Å². The molecule has 0 spiro atoms. The van der Waals surface area contributed by atoms with E-state index in [0.29, 0.717) is 5.54 Å². The summed E-state index contributed by atoms with van der Waals surface area (Å²) in [5, 5.41) is 3.37. The van der Waals surface area contributed by atoms with Crippen LogP contribution in [0.1, 0.15) is 19.8 Å². The maximum absolute atomic E-state index is 4.09. The third-order valence-corrected chi connectivity index (χ3v) is 2.81. The summed E-state index contributed by atoms with van der Waals surface area (Å²) < 4.78 is 2.23. The molecule has 1 N–H and O–H groups in total. The van der Waals surface area contributed by atoms with Gasteiger partial charge in [-0.15, -0.1) is 0 Å². The highest BCUT2D eigenvalue weighted by molar-refractivity contribution is 4.91. The summed E-state index contributed by atoms with van der Waals surface area (Å²) in [6.45, 7) is 4.54. The van der Waals surface area contributed by atoms with Crippen LogP contribution in [0, 0.1) is 0 Å². The van der Waals surface area contributed by atoms with Gasteiger partial charge < -0.3 is 9.88 Å². The Morgan fingerprint density at radius 3 is 2.75 bits per heavy atom. The molecule has 1 aliphatic heterocycles. The number of hydrogen-bond donors (Lipinski definition) is 1. The van der Waals surface area contributed by atoms with E-state index in [-0.39, 0.29) is 0 Å². The largest absolute Gasteiger partial charge is 0.332 e. The topological polar surface area (TPSA) is 29.9 Å². The van der Waals surface area contributed by atoms with Crippen LogP contribution in [0.4, 0.5) is 0 Å². The first-order valence-corrected chi connectivity index (χ1v) is 4.50. The van der Waals surface area contributed by atoms with Crippen LogP contribution in [0.15, 0.2) is 18.7 Å². The van der Waals surface area contributed by atoms with Gasteiger partial charge in [-0.3, -0.25) is 0 Å². The summed E-state index contributed by atoms with van der Waals surface area (Å²) in [7, 11) is 0. The molecule has 0 unspecified atom stereocenters. The Balaban J connectivity index is 2.19. The van der Waals surface area contributed by atoms with Gasteiger partial charge in [0.05, 0.1) is 6.33 Å². The molecule has 0 amide bonds. The molecule has 3 heteroatoms. The van der Waals surface area contributed by atoms with Crippen molar-refractivity contribution in [1.82, 2.24) is 14.9 Å². The predicted molar refractivity (Wildman–Crippen MR) is 48.0 cm³/mol. The smallest absolute Gasteiger partial charge is 0.0951 e. The lowest BCUT2D eigenvalue weighted by Crippen LogP contribution is -2.41. The third-order valence-electron chi connectivity index (χ3n) is 2.81. The van der Waals surface area contributed by atoms with E-state index < -0.39 is 0 Å². The summed E-state index contributed by atoms with van der Waals surface area (Å²) in [6.07, 6.45) is 8.23. The molecule has 0 radical (unpaired) electrons. The first kappa shape index (κ1) is 7.80. The van der Waals surface area contributed by atoms with Crippen LogP contribution in [0.2, 0.25) is 0 Å². The number of rotatable bonds is 1. The van der Waals surface area contributed by atoms with Crippen molar-refractivity contribution >= 4 is 0 Å². The zero-order valence-electron chi connectivity index (χ0n) is 7.45. The summed E-state index contributed by atoms with van der Waals surface area (Å²) in [4.78, 5) is 4.09. The summed E-state index contributed by atoms with van der Waals surface area (Å²) in [5.41, 5.74) is 0.293. The van der Waals surface area contributed by atoms with Crippen molar-refractivity contribution in [2.75, 3.05) is 13.1 Å². The summed E-state index contributed by atoms with van der Waals surface area (Å²) in [5.74, 6) is 0. The van der Waals surface area contributed by atoms with Gasteiger partial charge in [0.15, 0.2) is 0 Å². The van der Waals surface area contributed by atoms with Crippen molar-refractivity contribution in [2.45, 2.75) is 25.3 Å². The zero-order valence-corrected chi connectivity index (χ0v) is 7.45. The third kappa shape index (κ3) is 1.25. The minimum absolute atomic E-state index is 0.293. The second-order valence-corrected chi connectivity index (χ2v) is 3.72. The van der Waals surface area contributed by atoms with Gasteiger partial charge in [-0.1, -0.05) is 0 Å². The molecule has 2 heterocycles. The van der Waals surface area contributed by atoms with E-state index in [4.69, 9.17) is 0 Å². The van der Waals surface area contributed by atoms with Crippen molar-refractivity contribution in [3.05, 3.63) is 18.7 Å². The number of imidazole rings is 1. The highest BCUT2D eigenvalue weighted by Gasteiger charge is 2.27. The standard InChI is InChI=1S/C9H15N3/c1-9(2-4-10-5-3-9)12-7-6-11-8-12/h6-8,10H,2-5H2,1H3. The Morgan fingerprint density at radius 2 is 2.17 bits per heavy atom. The summed E-state index contributed by atoms with van der Waals surface area (Å²) in [6, 6.07) is 0. The molecular weight excluding hydrogens is 150 g/mol. The highest BCUT2D eigenvalue weighted by Crippen LogP contribution is 2.25. The monoisotopic (exact) mass is 165 g/mol. The van der Waals surface area contributed by atoms with E-state index in [1.807, 2.05) is 12.5 Å². The van der Waals surface area contributed by atoms with Gasteiger partial charge in [-0.25, -0.2) is 4.98 Å². The van der Waals surface area contributed by atoms with Gasteiger partial charge in [0, 0.05) is 17.9 Å². The van der Waals surface area contributed by atoms with Gasteiger partial charge in [0.1, 0.15) is 0 Å². The first-order valence-electron chi connectivity index (χ1n) is 4.50. The molecule has 1 fully saturated rings. The Bertz CT molecular complexity index is 234. The molecule has 0 saturated carbocycles. The van der Waals surface area contributed by atoms with Gasteiger partial charge >= 0.3 is 0 Å². The molecule has 1 aromatic heterocycles. The Morgan fingerprint density at radius 1 is 1.42 bits per heavy atom. The molecule has 2 rings (SSSR count). The minimum atomic E-state index is 0.293. The molecular formula is C9H15N3. The highest BCUT2D eigenvalue weighted by atomic mass is 15.1. The fraction of sp³-hybridized carbons (Fsp3) is 0.667. The normalized spacial score (nSPS) is 22.4. The predicted octanol–water partition coefficient (Wildman–Crippen LogP) is 0.982. The van der Waals surface area contributed by atoms with Gasteiger partial charge in [0.2, 0.25) is 0 Å². The van der Waals surface area contributed by atoms with Crippen LogP contribution >= 0.6 is 0 Å². The van der Waals surface area contributed by atoms with Crippen molar-refractivity contribution in [1.29, 1.82) is 0 Å². The maximum Gasteiger partial charge on any atom is 0.0951 e. The summed E-state index contributed by atoms with van der Waals surface area (Å²) >= 11 is 0. The van der Waals surface area contributed by atoms with E-state index in [1.54, 1.807) is 0 Å². The molecule has 0 atom stereocenters. The fourth-order valence-electron chi connectivity index (χ4n) is 1.80. The number of hydrogen-bond acceptors (Lipinski definition) is 2. The van der Waals surface area contributed by atoms with E-state index >= 15 is 0 Å². The number of nitrogens with zero attached hydrogens (tertiary/aromatic N) is 2. The fourth-order valence-corrected chi connectivity index (χ4v) is 1.80. The van der Waals surface area contributed by atoms with Crippen LogP contribution in [-0.2, 0) is 5.54 Å².